The molecule has 0 unspecified atom stereocenters. The summed E-state index contributed by atoms with van der Waals surface area (Å²) >= 11 is 0. The molecule has 9 heteroatoms. The van der Waals surface area contributed by atoms with Gasteiger partial charge in [-0.2, -0.15) is 0 Å². The Hall–Kier alpha value is -4.79. The van der Waals surface area contributed by atoms with Gasteiger partial charge in [-0.25, -0.2) is 9.78 Å². The number of methoxy groups -OCH3 is 1. The monoisotopic (exact) mass is 604 g/mol. The van der Waals surface area contributed by atoms with Gasteiger partial charge >= 0.3 is 5.97 Å². The van der Waals surface area contributed by atoms with E-state index in [4.69, 9.17) is 4.74 Å². The van der Waals surface area contributed by atoms with Crippen molar-refractivity contribution >= 4 is 28.8 Å². The van der Waals surface area contributed by atoms with E-state index in [9.17, 15) is 19.2 Å². The van der Waals surface area contributed by atoms with Crippen LogP contribution in [0.4, 0.5) is 0 Å². The number of para-hydroxylation sites is 1. The molecular weight excluding hydrogens is 568 g/mol. The van der Waals surface area contributed by atoms with Gasteiger partial charge in [0, 0.05) is 47.9 Å². The highest BCUT2D eigenvalue weighted by atomic mass is 16.5. The van der Waals surface area contributed by atoms with Crippen LogP contribution in [0.25, 0.3) is 16.7 Å². The molecule has 5 atom stereocenters. The van der Waals surface area contributed by atoms with Crippen molar-refractivity contribution in [3.8, 4) is 5.69 Å². The lowest BCUT2D eigenvalue weighted by Gasteiger charge is -2.60. The Kier molecular flexibility index (Phi) is 7.26. The standard InChI is InChI=1S/C36H36N4O5/c1-21(41)39-36-18-23-15-25(19-36)30(26(16-23)20-36)38-34(43)24-12-10-22(11-13-24)17-29-31(35(44)45-2)40(27-7-4-3-5-8-27)33-28(32(29)42)9-6-14-37-33/h3-14,23,25-26,30H,15-20H2,1-2H3,(H,38,43)(H,39,41)/t23-,25-,26+,30-,36-. The number of aromatic nitrogens is 2. The van der Waals surface area contributed by atoms with Crippen LogP contribution in [0.15, 0.2) is 77.7 Å². The number of carbonyl (C=O) groups is 3. The van der Waals surface area contributed by atoms with Gasteiger partial charge in [0.25, 0.3) is 5.91 Å². The summed E-state index contributed by atoms with van der Waals surface area (Å²) in [5.74, 6) is 0.593. The maximum absolute atomic E-state index is 13.8. The average Bonchev–Trinajstić information content (AvgIpc) is 3.03. The molecular formula is C36H36N4O5. The zero-order valence-electron chi connectivity index (χ0n) is 25.4. The number of esters is 1. The number of fused-ring (bicyclic) bond motifs is 1. The van der Waals surface area contributed by atoms with Crippen molar-refractivity contribution in [2.24, 2.45) is 17.8 Å². The van der Waals surface area contributed by atoms with Gasteiger partial charge in [-0.05, 0) is 91.8 Å². The van der Waals surface area contributed by atoms with E-state index in [2.05, 4.69) is 15.6 Å². The van der Waals surface area contributed by atoms with Crippen LogP contribution in [0, 0.1) is 17.8 Å². The summed E-state index contributed by atoms with van der Waals surface area (Å²) in [6.45, 7) is 1.59. The summed E-state index contributed by atoms with van der Waals surface area (Å²) in [5, 5.41) is 6.98. The quantitative estimate of drug-likeness (QED) is 0.298. The highest BCUT2D eigenvalue weighted by Crippen LogP contribution is 2.55. The van der Waals surface area contributed by atoms with Gasteiger partial charge in [-0.3, -0.25) is 19.0 Å². The highest BCUT2D eigenvalue weighted by Gasteiger charge is 2.56. The Balaban J connectivity index is 1.16. The van der Waals surface area contributed by atoms with Gasteiger partial charge in [-0.15, -0.1) is 0 Å². The Morgan fingerprint density at radius 2 is 1.67 bits per heavy atom. The third-order valence-electron chi connectivity index (χ3n) is 10.0. The van der Waals surface area contributed by atoms with Crippen LogP contribution in [0.5, 0.6) is 0 Å². The molecule has 4 fully saturated rings. The van der Waals surface area contributed by atoms with Crippen LogP contribution < -0.4 is 16.1 Å². The van der Waals surface area contributed by atoms with Crippen LogP contribution in [0.2, 0.25) is 0 Å². The number of nitrogens with one attached hydrogen (secondary N) is 2. The van der Waals surface area contributed by atoms with Gasteiger partial charge in [0.05, 0.1) is 12.5 Å². The van der Waals surface area contributed by atoms with E-state index in [1.807, 2.05) is 42.5 Å². The fourth-order valence-corrected chi connectivity index (χ4v) is 8.57. The van der Waals surface area contributed by atoms with Crippen LogP contribution in [0.3, 0.4) is 0 Å². The molecule has 9 nitrogen and oxygen atoms in total. The predicted molar refractivity (Wildman–Crippen MR) is 169 cm³/mol. The van der Waals surface area contributed by atoms with Gasteiger partial charge in [0.1, 0.15) is 11.3 Å². The summed E-state index contributed by atoms with van der Waals surface area (Å²) < 4.78 is 6.85. The normalized spacial score (nSPS) is 24.8. The van der Waals surface area contributed by atoms with E-state index >= 15 is 0 Å². The van der Waals surface area contributed by atoms with Crippen LogP contribution in [-0.4, -0.2) is 46.0 Å². The third-order valence-corrected chi connectivity index (χ3v) is 10.0. The second kappa shape index (κ2) is 11.3. The maximum Gasteiger partial charge on any atom is 0.355 e. The highest BCUT2D eigenvalue weighted by molar-refractivity contribution is 5.95. The second-order valence-electron chi connectivity index (χ2n) is 13.0. The minimum Gasteiger partial charge on any atom is -0.464 e. The second-order valence-corrected chi connectivity index (χ2v) is 13.0. The molecule has 2 aromatic heterocycles. The molecule has 0 aliphatic heterocycles. The van der Waals surface area contributed by atoms with E-state index in [1.165, 1.54) is 7.11 Å². The molecule has 2 N–H and O–H groups in total. The summed E-state index contributed by atoms with van der Waals surface area (Å²) in [6, 6.07) is 20.0. The smallest absolute Gasteiger partial charge is 0.355 e. The summed E-state index contributed by atoms with van der Waals surface area (Å²) in [5.41, 5.74) is 2.40. The largest absolute Gasteiger partial charge is 0.464 e. The first-order chi connectivity index (χ1) is 21.7. The van der Waals surface area contributed by atoms with Gasteiger partial charge < -0.3 is 15.4 Å². The van der Waals surface area contributed by atoms with E-state index < -0.39 is 5.97 Å². The summed E-state index contributed by atoms with van der Waals surface area (Å²) in [6.07, 6.45) is 6.81. The molecule has 0 spiro atoms. The molecule has 45 heavy (non-hydrogen) atoms. The van der Waals surface area contributed by atoms with Crippen molar-refractivity contribution in [1.82, 2.24) is 20.2 Å². The fourth-order valence-electron chi connectivity index (χ4n) is 8.57. The zero-order valence-corrected chi connectivity index (χ0v) is 25.4. The fraction of sp³-hybridized carbons (Fsp3) is 0.361. The maximum atomic E-state index is 13.8. The first-order valence-corrected chi connectivity index (χ1v) is 15.6. The number of hydrogen-bond donors (Lipinski definition) is 2. The van der Waals surface area contributed by atoms with Crippen LogP contribution in [0.1, 0.15) is 71.0 Å². The first kappa shape index (κ1) is 29.0. The number of hydrogen-bond acceptors (Lipinski definition) is 6. The van der Waals surface area contributed by atoms with Crippen molar-refractivity contribution in [2.45, 2.75) is 57.0 Å². The molecule has 2 amide bonds. The lowest BCUT2D eigenvalue weighted by molar-refractivity contribution is -0.125. The number of amides is 2. The van der Waals surface area contributed by atoms with E-state index in [0.29, 0.717) is 45.6 Å². The Bertz CT molecular complexity index is 1850. The number of ether oxygens (including phenoxy) is 1. The van der Waals surface area contributed by atoms with Crippen molar-refractivity contribution in [3.05, 3.63) is 106 Å². The number of nitrogens with zero attached hydrogens (tertiary/aromatic N) is 2. The topological polar surface area (TPSA) is 119 Å². The van der Waals surface area contributed by atoms with Gasteiger partial charge in [0.2, 0.25) is 5.91 Å². The minimum atomic E-state index is -0.634. The average molecular weight is 605 g/mol. The molecule has 4 aliphatic carbocycles. The van der Waals surface area contributed by atoms with Crippen LogP contribution in [-0.2, 0) is 16.0 Å². The number of rotatable bonds is 7. The van der Waals surface area contributed by atoms with Gasteiger partial charge in [-0.1, -0.05) is 30.3 Å². The SMILES string of the molecule is COC(=O)c1c(Cc2ccc(C(=O)N[C@@H]3[C@@H]4C[C@@H]5C[C@H]3C[C@@](NC(C)=O)(C5)C4)cc2)c(=O)c2cccnc2n1-c1ccccc1. The zero-order chi connectivity index (χ0) is 31.3. The van der Waals surface area contributed by atoms with Crippen LogP contribution >= 0.6 is 0 Å². The van der Waals surface area contributed by atoms with Crippen molar-refractivity contribution < 1.29 is 19.1 Å². The Labute approximate surface area is 261 Å². The Morgan fingerprint density at radius 1 is 0.956 bits per heavy atom. The summed E-state index contributed by atoms with van der Waals surface area (Å²) in [7, 11) is 1.30. The first-order valence-electron chi connectivity index (χ1n) is 15.6. The van der Waals surface area contributed by atoms with Gasteiger partial charge in [0.15, 0.2) is 5.43 Å². The molecule has 4 aromatic rings. The molecule has 230 valence electrons. The molecule has 2 aromatic carbocycles. The molecule has 4 bridgehead atoms. The third kappa shape index (κ3) is 5.20. The Morgan fingerprint density at radius 3 is 2.33 bits per heavy atom. The molecule has 4 aliphatic rings. The van der Waals surface area contributed by atoms with E-state index in [1.54, 1.807) is 42.0 Å². The lowest BCUT2D eigenvalue weighted by Crippen LogP contribution is -2.66. The number of pyridine rings is 2. The summed E-state index contributed by atoms with van der Waals surface area (Å²) in [4.78, 5) is 56.9. The van der Waals surface area contributed by atoms with E-state index in [0.717, 1.165) is 37.7 Å². The van der Waals surface area contributed by atoms with Crippen molar-refractivity contribution in [1.29, 1.82) is 0 Å². The molecule has 0 radical (unpaired) electrons. The lowest BCUT2D eigenvalue weighted by atomic mass is 9.51. The van der Waals surface area contributed by atoms with E-state index in [-0.39, 0.29) is 40.9 Å². The molecule has 8 rings (SSSR count). The number of carbonyl (C=O) groups excluding carboxylic acids is 3. The van der Waals surface area contributed by atoms with Crippen molar-refractivity contribution in [2.75, 3.05) is 7.11 Å². The predicted octanol–water partition coefficient (Wildman–Crippen LogP) is 4.58. The molecule has 4 saturated carbocycles. The molecule has 2 heterocycles. The van der Waals surface area contributed by atoms with Crippen molar-refractivity contribution in [3.63, 3.8) is 0 Å². The number of benzene rings is 2. The minimum absolute atomic E-state index is 0.0238. The molecule has 0 saturated heterocycles.